The number of rotatable bonds is 12. The van der Waals surface area contributed by atoms with Gasteiger partial charge in [-0.3, -0.25) is 0 Å². The highest BCUT2D eigenvalue weighted by Gasteiger charge is 2.29. The molecule has 0 saturated heterocycles. The van der Waals surface area contributed by atoms with Crippen LogP contribution in [0.3, 0.4) is 0 Å². The fourth-order valence-corrected chi connectivity index (χ4v) is 5.56. The highest BCUT2D eigenvalue weighted by molar-refractivity contribution is 7.97. The molecule has 3 aromatic rings. The van der Waals surface area contributed by atoms with E-state index in [2.05, 4.69) is 67.5 Å². The van der Waals surface area contributed by atoms with Crippen LogP contribution in [0.1, 0.15) is 27.7 Å². The van der Waals surface area contributed by atoms with Gasteiger partial charge in [-0.1, -0.05) is 0 Å². The normalized spacial score (nSPS) is 13.7. The van der Waals surface area contributed by atoms with Crippen molar-refractivity contribution < 1.29 is 18.9 Å². The zero-order valence-corrected chi connectivity index (χ0v) is 21.8. The van der Waals surface area contributed by atoms with Gasteiger partial charge in [0, 0.05) is 33.0 Å². The molecule has 0 aliphatic carbocycles. The summed E-state index contributed by atoms with van der Waals surface area (Å²) in [6.45, 7) is 8.98. The Balaban J connectivity index is 1.90. The molecule has 5 nitrogen and oxygen atoms in total. The van der Waals surface area contributed by atoms with E-state index >= 15 is 0 Å². The molecule has 0 bridgehead atoms. The predicted octanol–water partition coefficient (Wildman–Crippen LogP) is 6.37. The Bertz CT molecular complexity index is 933. The second kappa shape index (κ2) is 12.7. The first-order valence-electron chi connectivity index (χ1n) is 11.7. The van der Waals surface area contributed by atoms with E-state index in [1.54, 1.807) is 0 Å². The lowest BCUT2D eigenvalue weighted by atomic mass is 10.3. The van der Waals surface area contributed by atoms with Gasteiger partial charge >= 0.3 is 0 Å². The Labute approximate surface area is 207 Å². The summed E-state index contributed by atoms with van der Waals surface area (Å²) < 4.78 is 22.7. The first kappa shape index (κ1) is 25.9. The molecule has 0 heterocycles. The molecule has 0 spiro atoms. The lowest BCUT2D eigenvalue weighted by Crippen LogP contribution is -2.16. The van der Waals surface area contributed by atoms with Crippen molar-refractivity contribution in [3.63, 3.8) is 0 Å². The SMILES string of the molecule is CCOC(C)Oc1ccc([S+](c2ccc(OC(C)OCC)cc2)c2ccc(N(C)C)cc2)cc1. The van der Waals surface area contributed by atoms with E-state index in [0.717, 1.165) is 11.5 Å². The maximum Gasteiger partial charge on any atom is 0.196 e. The molecule has 2 atom stereocenters. The molecule has 182 valence electrons. The van der Waals surface area contributed by atoms with Gasteiger partial charge in [-0.2, -0.15) is 0 Å². The van der Waals surface area contributed by atoms with Crippen molar-refractivity contribution in [1.29, 1.82) is 0 Å². The molecule has 2 unspecified atom stereocenters. The van der Waals surface area contributed by atoms with Crippen molar-refractivity contribution >= 4 is 16.6 Å². The molecule has 0 aliphatic rings. The van der Waals surface area contributed by atoms with Gasteiger partial charge in [0.25, 0.3) is 0 Å². The highest BCUT2D eigenvalue weighted by Crippen LogP contribution is 2.34. The summed E-state index contributed by atoms with van der Waals surface area (Å²) in [7, 11) is 3.83. The van der Waals surface area contributed by atoms with Gasteiger partial charge in [-0.15, -0.1) is 0 Å². The molecule has 3 rings (SSSR count). The Hall–Kier alpha value is -2.67. The lowest BCUT2D eigenvalue weighted by molar-refractivity contribution is -0.0616. The van der Waals surface area contributed by atoms with Crippen molar-refractivity contribution in [2.24, 2.45) is 0 Å². The Morgan fingerprint density at radius 3 is 1.29 bits per heavy atom. The van der Waals surface area contributed by atoms with Crippen LogP contribution in [0.2, 0.25) is 0 Å². The van der Waals surface area contributed by atoms with Crippen LogP contribution in [0.5, 0.6) is 11.5 Å². The molecule has 0 aliphatic heterocycles. The fraction of sp³-hybridized carbons (Fsp3) is 0.357. The van der Waals surface area contributed by atoms with Crippen LogP contribution in [0.4, 0.5) is 5.69 Å². The smallest absolute Gasteiger partial charge is 0.196 e. The number of anilines is 1. The Morgan fingerprint density at radius 1 is 0.618 bits per heavy atom. The number of hydrogen-bond acceptors (Lipinski definition) is 5. The topological polar surface area (TPSA) is 40.2 Å². The van der Waals surface area contributed by atoms with Crippen molar-refractivity contribution in [3.8, 4) is 11.5 Å². The maximum atomic E-state index is 5.86. The van der Waals surface area contributed by atoms with Crippen molar-refractivity contribution in [1.82, 2.24) is 0 Å². The third-order valence-electron chi connectivity index (χ3n) is 5.11. The summed E-state index contributed by atoms with van der Waals surface area (Å²) >= 11 is 0. The number of hydrogen-bond donors (Lipinski definition) is 0. The van der Waals surface area contributed by atoms with E-state index in [4.69, 9.17) is 18.9 Å². The van der Waals surface area contributed by atoms with E-state index in [9.17, 15) is 0 Å². The molecule has 3 aromatic carbocycles. The van der Waals surface area contributed by atoms with E-state index in [1.165, 1.54) is 20.4 Å². The van der Waals surface area contributed by atoms with Gasteiger partial charge in [0.2, 0.25) is 0 Å². The van der Waals surface area contributed by atoms with Gasteiger partial charge < -0.3 is 23.8 Å². The quantitative estimate of drug-likeness (QED) is 0.222. The van der Waals surface area contributed by atoms with E-state index in [0.29, 0.717) is 13.2 Å². The molecular formula is C28H36NO4S+. The molecular weight excluding hydrogens is 446 g/mol. The van der Waals surface area contributed by atoms with Crippen LogP contribution in [-0.2, 0) is 20.4 Å². The second-order valence-electron chi connectivity index (χ2n) is 7.92. The van der Waals surface area contributed by atoms with Crippen LogP contribution in [0.15, 0.2) is 87.5 Å². The second-order valence-corrected chi connectivity index (χ2v) is 9.95. The summed E-state index contributed by atoms with van der Waals surface area (Å²) in [5.74, 6) is 1.59. The first-order chi connectivity index (χ1) is 16.4. The molecule has 0 N–H and O–H groups in total. The molecule has 0 radical (unpaired) electrons. The summed E-state index contributed by atoms with van der Waals surface area (Å²) in [5.41, 5.74) is 1.18. The molecule has 0 aromatic heterocycles. The Morgan fingerprint density at radius 2 is 0.971 bits per heavy atom. The third kappa shape index (κ3) is 7.16. The van der Waals surface area contributed by atoms with Gasteiger partial charge in [0.1, 0.15) is 11.5 Å². The molecule has 0 saturated carbocycles. The van der Waals surface area contributed by atoms with Gasteiger partial charge in [-0.05, 0) is 100 Å². The molecule has 6 heteroatoms. The van der Waals surface area contributed by atoms with Crippen LogP contribution in [0, 0.1) is 0 Å². The highest BCUT2D eigenvalue weighted by atomic mass is 32.2. The van der Waals surface area contributed by atoms with Crippen LogP contribution >= 0.6 is 0 Å². The zero-order valence-electron chi connectivity index (χ0n) is 21.0. The summed E-state index contributed by atoms with van der Waals surface area (Å²) in [5, 5.41) is 0. The van der Waals surface area contributed by atoms with Crippen molar-refractivity contribution in [2.45, 2.75) is 55.0 Å². The minimum absolute atomic E-state index is 0.277. The molecule has 0 fully saturated rings. The van der Waals surface area contributed by atoms with E-state index in [1.807, 2.05) is 52.0 Å². The van der Waals surface area contributed by atoms with Crippen LogP contribution in [-0.4, -0.2) is 39.9 Å². The average Bonchev–Trinajstić information content (AvgIpc) is 2.82. The predicted molar refractivity (Wildman–Crippen MR) is 139 cm³/mol. The summed E-state index contributed by atoms with van der Waals surface area (Å²) in [6.07, 6.45) is -0.557. The Kier molecular flexibility index (Phi) is 9.69. The minimum atomic E-state index is -0.278. The number of benzene rings is 3. The third-order valence-corrected chi connectivity index (χ3v) is 7.35. The fourth-order valence-electron chi connectivity index (χ4n) is 3.52. The first-order valence-corrected chi connectivity index (χ1v) is 12.9. The largest absolute Gasteiger partial charge is 0.465 e. The van der Waals surface area contributed by atoms with Crippen molar-refractivity contribution in [2.75, 3.05) is 32.2 Å². The average molecular weight is 483 g/mol. The standard InChI is InChI=1S/C28H36NO4S/c1-7-30-21(3)32-24-11-17-27(18-12-24)34(26-15-9-23(10-16-26)29(5)6)28-19-13-25(14-20-28)33-22(4)31-8-2/h9-22H,7-8H2,1-6H3/q+1. The van der Waals surface area contributed by atoms with Crippen LogP contribution < -0.4 is 14.4 Å². The minimum Gasteiger partial charge on any atom is -0.465 e. The molecule has 0 amide bonds. The lowest BCUT2D eigenvalue weighted by Gasteiger charge is -2.16. The summed E-state index contributed by atoms with van der Waals surface area (Å²) in [6, 6.07) is 25.4. The maximum absolute atomic E-state index is 5.86. The number of ether oxygens (including phenoxy) is 4. The molecule has 34 heavy (non-hydrogen) atoms. The van der Waals surface area contributed by atoms with Crippen LogP contribution in [0.25, 0.3) is 0 Å². The number of nitrogens with zero attached hydrogens (tertiary/aromatic N) is 1. The van der Waals surface area contributed by atoms with Gasteiger partial charge in [0.15, 0.2) is 27.3 Å². The van der Waals surface area contributed by atoms with Gasteiger partial charge in [-0.25, -0.2) is 0 Å². The van der Waals surface area contributed by atoms with E-state index in [-0.39, 0.29) is 23.5 Å². The van der Waals surface area contributed by atoms with Gasteiger partial charge in [0.05, 0.1) is 10.9 Å². The monoisotopic (exact) mass is 482 g/mol. The zero-order chi connectivity index (χ0) is 24.5. The van der Waals surface area contributed by atoms with Crippen molar-refractivity contribution in [3.05, 3.63) is 72.8 Å². The van der Waals surface area contributed by atoms with E-state index < -0.39 is 0 Å². The summed E-state index contributed by atoms with van der Waals surface area (Å²) in [4.78, 5) is 5.79.